The summed E-state index contributed by atoms with van der Waals surface area (Å²) in [5.41, 5.74) is 0. The Kier molecular flexibility index (Phi) is 6.76. The molecular weight excluding hydrogens is 396 g/mol. The van der Waals surface area contributed by atoms with Crippen LogP contribution in [0.5, 0.6) is 5.75 Å². The molecule has 1 aliphatic rings. The highest BCUT2D eigenvalue weighted by molar-refractivity contribution is 5.89. The maximum atomic E-state index is 12.2. The van der Waals surface area contributed by atoms with Gasteiger partial charge in [-0.2, -0.15) is 4.98 Å². The van der Waals surface area contributed by atoms with Crippen LogP contribution in [0.2, 0.25) is 0 Å². The number of amides is 2. The average molecular weight is 422 g/mol. The molecule has 1 aliphatic carbocycles. The molecule has 0 atom stereocenters. The number of nitrogens with zero attached hydrogens (tertiary/aromatic N) is 2. The van der Waals surface area contributed by atoms with Gasteiger partial charge in [-0.15, -0.1) is 0 Å². The van der Waals surface area contributed by atoms with Gasteiger partial charge in [0.05, 0.1) is 0 Å². The van der Waals surface area contributed by atoms with Crippen molar-refractivity contribution in [3.8, 4) is 5.75 Å². The fourth-order valence-corrected chi connectivity index (χ4v) is 3.76. The third-order valence-electron chi connectivity index (χ3n) is 5.43. The molecule has 31 heavy (non-hydrogen) atoms. The fraction of sp³-hybridized carbons (Fsp3) is 0.391. The lowest BCUT2D eigenvalue weighted by Gasteiger charge is -2.17. The predicted molar refractivity (Wildman–Crippen MR) is 115 cm³/mol. The molecule has 1 aromatic heterocycles. The highest BCUT2D eigenvalue weighted by Crippen LogP contribution is 2.30. The maximum Gasteiger partial charge on any atom is 0.315 e. The van der Waals surface area contributed by atoms with Crippen LogP contribution in [0.25, 0.3) is 10.8 Å². The van der Waals surface area contributed by atoms with E-state index in [0.29, 0.717) is 11.6 Å². The number of fused-ring (bicyclic) bond motifs is 1. The number of hydrogen-bond acceptors (Lipinski definition) is 6. The highest BCUT2D eigenvalue weighted by atomic mass is 16.5. The summed E-state index contributed by atoms with van der Waals surface area (Å²) in [6.45, 7) is 0.428. The zero-order valence-corrected chi connectivity index (χ0v) is 17.3. The van der Waals surface area contributed by atoms with Gasteiger partial charge in [0, 0.05) is 19.0 Å². The van der Waals surface area contributed by atoms with Crippen molar-refractivity contribution in [3.63, 3.8) is 0 Å². The normalized spacial score (nSPS) is 14.3. The zero-order chi connectivity index (χ0) is 21.5. The summed E-state index contributed by atoms with van der Waals surface area (Å²) in [6.07, 6.45) is 5.62. The molecule has 0 unspecified atom stereocenters. The Morgan fingerprint density at radius 2 is 1.77 bits per heavy atom. The van der Waals surface area contributed by atoms with Crippen molar-refractivity contribution in [2.75, 3.05) is 19.7 Å². The van der Waals surface area contributed by atoms with Gasteiger partial charge in [0.25, 0.3) is 5.91 Å². The van der Waals surface area contributed by atoms with Crippen LogP contribution in [-0.2, 0) is 4.79 Å². The molecule has 8 heteroatoms. The second-order valence-electron chi connectivity index (χ2n) is 7.70. The zero-order valence-electron chi connectivity index (χ0n) is 17.3. The molecule has 4 rings (SSSR count). The van der Waals surface area contributed by atoms with Crippen LogP contribution < -0.4 is 15.4 Å². The van der Waals surface area contributed by atoms with Crippen LogP contribution in [-0.4, -0.2) is 41.7 Å². The quantitative estimate of drug-likeness (QED) is 0.540. The van der Waals surface area contributed by atoms with Crippen molar-refractivity contribution in [1.29, 1.82) is 0 Å². The standard InChI is InChI=1S/C23H26N4O4/c28-20(15-30-19-11-10-16-6-4-5-9-18(16)14-19)24-12-13-25-22(29)23-26-21(27-31-23)17-7-2-1-3-8-17/h4-6,9-11,14,17H,1-3,7-8,12-13,15H2,(H,24,28)(H,25,29). The van der Waals surface area contributed by atoms with Crippen LogP contribution in [0.1, 0.15) is 54.5 Å². The van der Waals surface area contributed by atoms with Gasteiger partial charge in [0.2, 0.25) is 0 Å². The van der Waals surface area contributed by atoms with Gasteiger partial charge in [-0.25, -0.2) is 0 Å². The van der Waals surface area contributed by atoms with Gasteiger partial charge in [0.1, 0.15) is 5.75 Å². The first kappa shape index (κ1) is 20.8. The molecule has 1 heterocycles. The van der Waals surface area contributed by atoms with Crippen LogP contribution in [0, 0.1) is 0 Å². The Bertz CT molecular complexity index is 1040. The Morgan fingerprint density at radius 3 is 2.61 bits per heavy atom. The topological polar surface area (TPSA) is 106 Å². The number of rotatable bonds is 8. The highest BCUT2D eigenvalue weighted by Gasteiger charge is 2.23. The van der Waals surface area contributed by atoms with E-state index in [0.717, 1.165) is 36.5 Å². The Labute approximate surface area is 180 Å². The molecular formula is C23H26N4O4. The third kappa shape index (κ3) is 5.59. The predicted octanol–water partition coefficient (Wildman–Crippen LogP) is 3.20. The van der Waals surface area contributed by atoms with Crippen molar-refractivity contribution in [3.05, 3.63) is 54.2 Å². The van der Waals surface area contributed by atoms with Crippen LogP contribution in [0.3, 0.4) is 0 Å². The van der Waals surface area contributed by atoms with E-state index in [1.807, 2.05) is 42.5 Å². The van der Waals surface area contributed by atoms with E-state index in [1.54, 1.807) is 0 Å². The molecule has 3 aromatic rings. The Morgan fingerprint density at radius 1 is 1.00 bits per heavy atom. The second-order valence-corrected chi connectivity index (χ2v) is 7.70. The Hall–Kier alpha value is -3.42. The van der Waals surface area contributed by atoms with Gasteiger partial charge in [-0.1, -0.05) is 54.8 Å². The minimum absolute atomic E-state index is 0.0356. The van der Waals surface area contributed by atoms with Gasteiger partial charge < -0.3 is 19.9 Å². The number of benzene rings is 2. The lowest BCUT2D eigenvalue weighted by atomic mass is 9.89. The van der Waals surface area contributed by atoms with E-state index >= 15 is 0 Å². The number of nitrogens with one attached hydrogen (secondary N) is 2. The Balaban J connectivity index is 1.16. The molecule has 2 N–H and O–H groups in total. The lowest BCUT2D eigenvalue weighted by molar-refractivity contribution is -0.123. The van der Waals surface area contributed by atoms with E-state index in [-0.39, 0.29) is 37.4 Å². The van der Waals surface area contributed by atoms with Crippen LogP contribution >= 0.6 is 0 Å². The molecule has 8 nitrogen and oxygen atoms in total. The van der Waals surface area contributed by atoms with Gasteiger partial charge in [-0.3, -0.25) is 9.59 Å². The van der Waals surface area contributed by atoms with Crippen molar-refractivity contribution < 1.29 is 18.8 Å². The monoisotopic (exact) mass is 422 g/mol. The largest absolute Gasteiger partial charge is 0.484 e. The van der Waals surface area contributed by atoms with Crippen molar-refractivity contribution in [1.82, 2.24) is 20.8 Å². The molecule has 2 aromatic carbocycles. The first-order valence-corrected chi connectivity index (χ1v) is 10.7. The molecule has 2 amide bonds. The van der Waals surface area contributed by atoms with E-state index in [1.165, 1.54) is 6.42 Å². The minimum atomic E-state index is -0.434. The summed E-state index contributed by atoms with van der Waals surface area (Å²) in [5, 5.41) is 11.5. The first-order valence-electron chi connectivity index (χ1n) is 10.7. The number of ether oxygens (including phenoxy) is 1. The molecule has 1 saturated carbocycles. The molecule has 0 aliphatic heterocycles. The number of hydrogen-bond donors (Lipinski definition) is 2. The maximum absolute atomic E-state index is 12.2. The fourth-order valence-electron chi connectivity index (χ4n) is 3.76. The smallest absolute Gasteiger partial charge is 0.315 e. The van der Waals surface area contributed by atoms with Crippen LogP contribution in [0.15, 0.2) is 47.0 Å². The molecule has 162 valence electrons. The third-order valence-corrected chi connectivity index (χ3v) is 5.43. The van der Waals surface area contributed by atoms with Gasteiger partial charge >= 0.3 is 11.8 Å². The average Bonchev–Trinajstić information content (AvgIpc) is 3.31. The summed E-state index contributed by atoms with van der Waals surface area (Å²) in [7, 11) is 0. The van der Waals surface area contributed by atoms with Crippen molar-refractivity contribution >= 4 is 22.6 Å². The van der Waals surface area contributed by atoms with E-state index in [4.69, 9.17) is 9.26 Å². The van der Waals surface area contributed by atoms with E-state index in [9.17, 15) is 9.59 Å². The summed E-state index contributed by atoms with van der Waals surface area (Å²) in [5.74, 6) is 0.791. The summed E-state index contributed by atoms with van der Waals surface area (Å²) in [4.78, 5) is 28.4. The van der Waals surface area contributed by atoms with E-state index in [2.05, 4.69) is 20.8 Å². The van der Waals surface area contributed by atoms with Gasteiger partial charge in [-0.05, 0) is 35.7 Å². The number of carbonyl (C=O) groups excluding carboxylic acids is 2. The second kappa shape index (κ2) is 10.1. The van der Waals surface area contributed by atoms with Crippen molar-refractivity contribution in [2.45, 2.75) is 38.0 Å². The molecule has 0 spiro atoms. The molecule has 0 saturated heterocycles. The minimum Gasteiger partial charge on any atom is -0.484 e. The summed E-state index contributed by atoms with van der Waals surface area (Å²) >= 11 is 0. The van der Waals surface area contributed by atoms with Crippen LogP contribution in [0.4, 0.5) is 0 Å². The van der Waals surface area contributed by atoms with Gasteiger partial charge in [0.15, 0.2) is 12.4 Å². The van der Waals surface area contributed by atoms with E-state index < -0.39 is 5.91 Å². The first-order chi connectivity index (χ1) is 15.2. The molecule has 0 radical (unpaired) electrons. The molecule has 1 fully saturated rings. The lowest BCUT2D eigenvalue weighted by Crippen LogP contribution is -2.36. The SMILES string of the molecule is O=C(COc1ccc2ccccc2c1)NCCNC(=O)c1nc(C2CCCCC2)no1. The van der Waals surface area contributed by atoms with Crippen molar-refractivity contribution in [2.24, 2.45) is 0 Å². The number of aromatic nitrogens is 2. The summed E-state index contributed by atoms with van der Waals surface area (Å²) < 4.78 is 10.6. The summed E-state index contributed by atoms with van der Waals surface area (Å²) in [6, 6.07) is 13.6. The molecule has 0 bridgehead atoms. The number of carbonyl (C=O) groups is 2.